The lowest BCUT2D eigenvalue weighted by Crippen LogP contribution is -2.20. The molecule has 0 radical (unpaired) electrons. The van der Waals surface area contributed by atoms with Crippen molar-refractivity contribution in [2.75, 3.05) is 13.1 Å². The second kappa shape index (κ2) is 5.00. The van der Waals surface area contributed by atoms with Crippen LogP contribution in [-0.4, -0.2) is 13.1 Å². The van der Waals surface area contributed by atoms with Gasteiger partial charge in [0.15, 0.2) is 0 Å². The summed E-state index contributed by atoms with van der Waals surface area (Å²) in [7, 11) is 0. The van der Waals surface area contributed by atoms with Crippen molar-refractivity contribution >= 4 is 17.2 Å². The first-order chi connectivity index (χ1) is 7.68. The van der Waals surface area contributed by atoms with Crippen molar-refractivity contribution in [3.05, 3.63) is 40.4 Å². The van der Waals surface area contributed by atoms with E-state index in [0.717, 1.165) is 30.1 Å². The van der Waals surface area contributed by atoms with Gasteiger partial charge in [-0.05, 0) is 48.7 Å². The van der Waals surface area contributed by atoms with Gasteiger partial charge in [-0.1, -0.05) is 23.7 Å². The van der Waals surface area contributed by atoms with E-state index in [1.54, 1.807) is 0 Å². The molecule has 3 N–H and O–H groups in total. The zero-order valence-electron chi connectivity index (χ0n) is 9.46. The van der Waals surface area contributed by atoms with Crippen LogP contribution >= 0.6 is 11.6 Å². The smallest absolute Gasteiger partial charge is 0.0409 e. The van der Waals surface area contributed by atoms with E-state index in [9.17, 15) is 0 Å². The molecule has 1 aromatic rings. The number of hydrogen-bond donors (Lipinski definition) is 2. The highest BCUT2D eigenvalue weighted by Crippen LogP contribution is 2.29. The topological polar surface area (TPSA) is 38.0 Å². The number of rotatable bonds is 2. The van der Waals surface area contributed by atoms with Crippen molar-refractivity contribution in [1.82, 2.24) is 5.32 Å². The van der Waals surface area contributed by atoms with E-state index in [2.05, 4.69) is 17.5 Å². The zero-order valence-corrected chi connectivity index (χ0v) is 10.2. The summed E-state index contributed by atoms with van der Waals surface area (Å²) in [5.41, 5.74) is 9.76. The van der Waals surface area contributed by atoms with Crippen molar-refractivity contribution in [3.63, 3.8) is 0 Å². The fourth-order valence-corrected chi connectivity index (χ4v) is 2.25. The van der Waals surface area contributed by atoms with Gasteiger partial charge in [-0.2, -0.15) is 0 Å². The van der Waals surface area contributed by atoms with Crippen LogP contribution in [0.1, 0.15) is 30.5 Å². The number of nitrogens with two attached hydrogens (primary N) is 1. The Bertz CT molecular complexity index is 410. The van der Waals surface area contributed by atoms with Gasteiger partial charge in [0.2, 0.25) is 0 Å². The van der Waals surface area contributed by atoms with Crippen LogP contribution in [0.2, 0.25) is 5.02 Å². The van der Waals surface area contributed by atoms with Crippen LogP contribution in [0.3, 0.4) is 0 Å². The van der Waals surface area contributed by atoms with Crippen molar-refractivity contribution in [2.45, 2.75) is 19.4 Å². The summed E-state index contributed by atoms with van der Waals surface area (Å²) < 4.78 is 0. The Kier molecular flexibility index (Phi) is 3.64. The first kappa shape index (κ1) is 11.6. The molecule has 0 saturated carbocycles. The maximum atomic E-state index is 6.01. The van der Waals surface area contributed by atoms with Crippen LogP contribution in [0.5, 0.6) is 0 Å². The Labute approximate surface area is 101 Å². The van der Waals surface area contributed by atoms with E-state index in [1.807, 2.05) is 19.1 Å². The summed E-state index contributed by atoms with van der Waals surface area (Å²) >= 11 is 6.01. The van der Waals surface area contributed by atoms with Crippen LogP contribution in [-0.2, 0) is 0 Å². The molecule has 16 heavy (non-hydrogen) atoms. The molecule has 3 heteroatoms. The van der Waals surface area contributed by atoms with Crippen molar-refractivity contribution in [3.8, 4) is 0 Å². The number of benzene rings is 1. The summed E-state index contributed by atoms with van der Waals surface area (Å²) in [6.07, 6.45) is 3.29. The Hall–Kier alpha value is -0.830. The molecular formula is C13H17ClN2. The highest BCUT2D eigenvalue weighted by atomic mass is 35.5. The highest BCUT2D eigenvalue weighted by Gasteiger charge is 2.13. The van der Waals surface area contributed by atoms with E-state index < -0.39 is 0 Å². The summed E-state index contributed by atoms with van der Waals surface area (Å²) in [6, 6.07) is 6.01. The summed E-state index contributed by atoms with van der Waals surface area (Å²) in [6.45, 7) is 3.97. The molecule has 1 heterocycles. The minimum Gasteiger partial charge on any atom is -0.324 e. The third-order valence-electron chi connectivity index (χ3n) is 2.91. The normalized spacial score (nSPS) is 18.1. The molecular weight excluding hydrogens is 220 g/mol. The lowest BCUT2D eigenvalue weighted by molar-refractivity contribution is 0.735. The quantitative estimate of drug-likeness (QED) is 0.829. The molecule has 0 saturated heterocycles. The second-order valence-electron chi connectivity index (χ2n) is 4.20. The first-order valence-electron chi connectivity index (χ1n) is 5.63. The Morgan fingerprint density at radius 1 is 1.44 bits per heavy atom. The van der Waals surface area contributed by atoms with Crippen LogP contribution in [0, 0.1) is 0 Å². The van der Waals surface area contributed by atoms with E-state index >= 15 is 0 Å². The molecule has 2 nitrogen and oxygen atoms in total. The van der Waals surface area contributed by atoms with E-state index in [1.165, 1.54) is 11.1 Å². The Balaban J connectivity index is 2.42. The van der Waals surface area contributed by atoms with Crippen LogP contribution in [0.15, 0.2) is 24.3 Å². The maximum Gasteiger partial charge on any atom is 0.0409 e. The molecule has 0 amide bonds. The molecule has 2 rings (SSSR count). The average molecular weight is 237 g/mol. The van der Waals surface area contributed by atoms with Gasteiger partial charge in [-0.25, -0.2) is 0 Å². The SMILES string of the molecule is C[C@H](N)c1cc(Cl)ccc1C1=CCNCC1. The van der Waals surface area contributed by atoms with Gasteiger partial charge in [-0.15, -0.1) is 0 Å². The van der Waals surface area contributed by atoms with Crippen molar-refractivity contribution in [1.29, 1.82) is 0 Å². The predicted octanol–water partition coefficient (Wildman–Crippen LogP) is 2.74. The zero-order chi connectivity index (χ0) is 11.5. The maximum absolute atomic E-state index is 6.01. The number of nitrogens with one attached hydrogen (secondary N) is 1. The van der Waals surface area contributed by atoms with Crippen LogP contribution < -0.4 is 11.1 Å². The van der Waals surface area contributed by atoms with Gasteiger partial charge < -0.3 is 11.1 Å². The molecule has 1 aliphatic rings. The monoisotopic (exact) mass is 236 g/mol. The van der Waals surface area contributed by atoms with E-state index in [0.29, 0.717) is 0 Å². The van der Waals surface area contributed by atoms with Gasteiger partial charge in [0, 0.05) is 17.6 Å². The molecule has 1 atom stereocenters. The predicted molar refractivity (Wildman–Crippen MR) is 69.5 cm³/mol. The fourth-order valence-electron chi connectivity index (χ4n) is 2.07. The van der Waals surface area contributed by atoms with E-state index in [4.69, 9.17) is 17.3 Å². The highest BCUT2D eigenvalue weighted by molar-refractivity contribution is 6.30. The third-order valence-corrected chi connectivity index (χ3v) is 3.15. The van der Waals surface area contributed by atoms with Crippen molar-refractivity contribution < 1.29 is 0 Å². The lowest BCUT2D eigenvalue weighted by Gasteiger charge is -2.19. The lowest BCUT2D eigenvalue weighted by atomic mass is 9.92. The van der Waals surface area contributed by atoms with Gasteiger partial charge >= 0.3 is 0 Å². The fraction of sp³-hybridized carbons (Fsp3) is 0.385. The minimum atomic E-state index is 0.0180. The Morgan fingerprint density at radius 3 is 2.88 bits per heavy atom. The second-order valence-corrected chi connectivity index (χ2v) is 4.64. The molecule has 0 aromatic heterocycles. The third kappa shape index (κ3) is 2.46. The molecule has 0 aliphatic carbocycles. The molecule has 0 bridgehead atoms. The number of halogens is 1. The molecule has 1 aliphatic heterocycles. The van der Waals surface area contributed by atoms with Crippen molar-refractivity contribution in [2.24, 2.45) is 5.73 Å². The summed E-state index contributed by atoms with van der Waals surface area (Å²) in [5, 5.41) is 4.07. The Morgan fingerprint density at radius 2 is 2.25 bits per heavy atom. The molecule has 0 fully saturated rings. The van der Waals surface area contributed by atoms with Gasteiger partial charge in [0.05, 0.1) is 0 Å². The molecule has 0 spiro atoms. The van der Waals surface area contributed by atoms with Gasteiger partial charge in [0.1, 0.15) is 0 Å². The van der Waals surface area contributed by atoms with Gasteiger partial charge in [-0.3, -0.25) is 0 Å². The summed E-state index contributed by atoms with van der Waals surface area (Å²) in [4.78, 5) is 0. The van der Waals surface area contributed by atoms with Gasteiger partial charge in [0.25, 0.3) is 0 Å². The van der Waals surface area contributed by atoms with E-state index in [-0.39, 0.29) is 6.04 Å². The van der Waals surface area contributed by atoms with Crippen LogP contribution in [0.4, 0.5) is 0 Å². The van der Waals surface area contributed by atoms with Crippen LogP contribution in [0.25, 0.3) is 5.57 Å². The standard InChI is InChI=1S/C13H17ClN2/c1-9(15)13-8-11(14)2-3-12(13)10-4-6-16-7-5-10/h2-4,8-9,16H,5-7,15H2,1H3/t9-/m0/s1. The average Bonchev–Trinajstić information content (AvgIpc) is 2.30. The number of hydrogen-bond acceptors (Lipinski definition) is 2. The largest absolute Gasteiger partial charge is 0.324 e. The molecule has 86 valence electrons. The molecule has 1 aromatic carbocycles. The minimum absolute atomic E-state index is 0.0180. The first-order valence-corrected chi connectivity index (χ1v) is 6.01. The summed E-state index contributed by atoms with van der Waals surface area (Å²) in [5.74, 6) is 0. The molecule has 0 unspecified atom stereocenters.